The van der Waals surface area contributed by atoms with Gasteiger partial charge in [-0.25, -0.2) is 4.79 Å². The fraction of sp³-hybridized carbons (Fsp3) is 0.231. The topological polar surface area (TPSA) is 75.1 Å². The SMILES string of the molecule is CCOC(=O)NC(=S)NC1(c2ccccc2)C=CN=N1. The van der Waals surface area contributed by atoms with E-state index in [2.05, 4.69) is 20.9 Å². The van der Waals surface area contributed by atoms with Crippen LogP contribution in [0.25, 0.3) is 0 Å². The maximum absolute atomic E-state index is 11.3. The number of ether oxygens (including phenoxy) is 1. The van der Waals surface area contributed by atoms with Crippen molar-refractivity contribution >= 4 is 23.4 Å². The van der Waals surface area contributed by atoms with Crippen molar-refractivity contribution in [2.24, 2.45) is 10.2 Å². The second-order valence-corrected chi connectivity index (χ2v) is 4.37. The summed E-state index contributed by atoms with van der Waals surface area (Å²) in [7, 11) is 0. The van der Waals surface area contributed by atoms with E-state index in [0.29, 0.717) is 0 Å². The number of alkyl carbamates (subject to hydrolysis) is 1. The number of rotatable bonds is 3. The monoisotopic (exact) mass is 290 g/mol. The van der Waals surface area contributed by atoms with Crippen molar-refractivity contribution < 1.29 is 9.53 Å². The van der Waals surface area contributed by atoms with Crippen molar-refractivity contribution in [1.82, 2.24) is 10.6 Å². The summed E-state index contributed by atoms with van der Waals surface area (Å²) in [5.41, 5.74) is -0.0248. The molecular formula is C13H14N4O2S. The van der Waals surface area contributed by atoms with Crippen LogP contribution in [0.5, 0.6) is 0 Å². The second-order valence-electron chi connectivity index (χ2n) is 3.96. The summed E-state index contributed by atoms with van der Waals surface area (Å²) in [4.78, 5) is 11.3. The molecule has 1 atom stereocenters. The Hall–Kier alpha value is -2.28. The van der Waals surface area contributed by atoms with E-state index in [4.69, 9.17) is 17.0 Å². The van der Waals surface area contributed by atoms with E-state index in [1.165, 1.54) is 0 Å². The molecule has 0 bridgehead atoms. The fourth-order valence-electron chi connectivity index (χ4n) is 1.75. The van der Waals surface area contributed by atoms with Crippen LogP contribution >= 0.6 is 12.2 Å². The highest BCUT2D eigenvalue weighted by atomic mass is 32.1. The normalized spacial score (nSPS) is 19.6. The Morgan fingerprint density at radius 1 is 1.40 bits per heavy atom. The Morgan fingerprint density at radius 3 is 2.75 bits per heavy atom. The molecular weight excluding hydrogens is 276 g/mol. The quantitative estimate of drug-likeness (QED) is 0.838. The third-order valence-electron chi connectivity index (χ3n) is 2.61. The van der Waals surface area contributed by atoms with Crippen LogP contribution in [-0.2, 0) is 10.4 Å². The number of nitrogens with zero attached hydrogens (tertiary/aromatic N) is 2. The molecule has 0 spiro atoms. The number of hydrogen-bond acceptors (Lipinski definition) is 5. The Kier molecular flexibility index (Phi) is 4.41. The standard InChI is InChI=1S/C13H14N4O2S/c1-2-19-12(18)15-11(20)16-13(8-9-14-17-13)10-6-4-3-5-7-10/h3-9H,2H2,1H3,(H2,15,16,18,20). The maximum atomic E-state index is 11.3. The van der Waals surface area contributed by atoms with E-state index in [-0.39, 0.29) is 11.7 Å². The van der Waals surface area contributed by atoms with E-state index in [9.17, 15) is 4.79 Å². The highest BCUT2D eigenvalue weighted by Gasteiger charge is 2.32. The summed E-state index contributed by atoms with van der Waals surface area (Å²) in [6.45, 7) is 1.99. The van der Waals surface area contributed by atoms with Gasteiger partial charge in [-0.3, -0.25) is 5.32 Å². The molecule has 1 aromatic rings. The van der Waals surface area contributed by atoms with Crippen molar-refractivity contribution in [2.45, 2.75) is 12.6 Å². The molecule has 2 rings (SSSR count). The number of benzene rings is 1. The van der Waals surface area contributed by atoms with Crippen molar-refractivity contribution in [3.63, 3.8) is 0 Å². The number of carbonyl (C=O) groups is 1. The molecule has 0 radical (unpaired) electrons. The molecule has 0 saturated heterocycles. The van der Waals surface area contributed by atoms with Crippen LogP contribution in [0.3, 0.4) is 0 Å². The minimum atomic E-state index is -0.891. The predicted octanol–water partition coefficient (Wildman–Crippen LogP) is 2.44. The van der Waals surface area contributed by atoms with Gasteiger partial charge >= 0.3 is 6.09 Å². The van der Waals surface area contributed by atoms with Crippen LogP contribution < -0.4 is 10.6 Å². The molecule has 104 valence electrons. The number of carbonyl (C=O) groups excluding carboxylic acids is 1. The van der Waals surface area contributed by atoms with Gasteiger partial charge < -0.3 is 10.1 Å². The Labute approximate surface area is 121 Å². The average molecular weight is 290 g/mol. The number of amides is 1. The van der Waals surface area contributed by atoms with Crippen molar-refractivity contribution in [2.75, 3.05) is 6.61 Å². The lowest BCUT2D eigenvalue weighted by atomic mass is 10.0. The predicted molar refractivity (Wildman–Crippen MR) is 78.0 cm³/mol. The molecule has 2 N–H and O–H groups in total. The molecule has 7 heteroatoms. The minimum Gasteiger partial charge on any atom is -0.450 e. The van der Waals surface area contributed by atoms with E-state index < -0.39 is 11.8 Å². The van der Waals surface area contributed by atoms with Gasteiger partial charge in [0.05, 0.1) is 6.61 Å². The molecule has 0 aromatic heterocycles. The van der Waals surface area contributed by atoms with Crippen molar-refractivity contribution in [3.05, 3.63) is 48.2 Å². The first-order valence-electron chi connectivity index (χ1n) is 6.07. The van der Waals surface area contributed by atoms with Gasteiger partial charge in [0, 0.05) is 11.8 Å². The summed E-state index contributed by atoms with van der Waals surface area (Å²) >= 11 is 5.09. The first kappa shape index (κ1) is 14.1. The molecule has 6 nitrogen and oxygen atoms in total. The van der Waals surface area contributed by atoms with E-state index in [1.54, 1.807) is 19.2 Å². The van der Waals surface area contributed by atoms with Gasteiger partial charge in [-0.1, -0.05) is 30.3 Å². The summed E-state index contributed by atoms with van der Waals surface area (Å²) in [6.07, 6.45) is 2.74. The Bertz CT molecular complexity index is 545. The zero-order valence-electron chi connectivity index (χ0n) is 10.9. The van der Waals surface area contributed by atoms with E-state index in [1.807, 2.05) is 30.3 Å². The number of thiocarbonyl (C=S) groups is 1. The maximum Gasteiger partial charge on any atom is 0.413 e. The van der Waals surface area contributed by atoms with Crippen molar-refractivity contribution in [3.8, 4) is 0 Å². The van der Waals surface area contributed by atoms with Gasteiger partial charge in [-0.15, -0.1) is 0 Å². The van der Waals surface area contributed by atoms with E-state index >= 15 is 0 Å². The lowest BCUT2D eigenvalue weighted by Gasteiger charge is -2.25. The second kappa shape index (κ2) is 6.25. The largest absolute Gasteiger partial charge is 0.450 e. The molecule has 0 fully saturated rings. The molecule has 1 amide bonds. The molecule has 0 aliphatic carbocycles. The first-order chi connectivity index (χ1) is 9.66. The van der Waals surface area contributed by atoms with E-state index in [0.717, 1.165) is 5.56 Å². The van der Waals surface area contributed by atoms with Gasteiger partial charge in [0.1, 0.15) is 0 Å². The molecule has 1 heterocycles. The van der Waals surface area contributed by atoms with Crippen LogP contribution in [0.4, 0.5) is 4.79 Å². The van der Waals surface area contributed by atoms with Gasteiger partial charge in [-0.2, -0.15) is 10.2 Å². The third kappa shape index (κ3) is 3.18. The lowest BCUT2D eigenvalue weighted by molar-refractivity contribution is 0.157. The molecule has 1 aromatic carbocycles. The summed E-state index contributed by atoms with van der Waals surface area (Å²) < 4.78 is 4.77. The Balaban J connectivity index is 2.12. The fourth-order valence-corrected chi connectivity index (χ4v) is 1.99. The number of hydrogen-bond donors (Lipinski definition) is 2. The van der Waals surface area contributed by atoms with Crippen LogP contribution in [0.15, 0.2) is 52.8 Å². The number of azo groups is 1. The third-order valence-corrected chi connectivity index (χ3v) is 2.81. The zero-order chi connectivity index (χ0) is 14.4. The molecule has 1 aliphatic rings. The van der Waals surface area contributed by atoms with Crippen LogP contribution in [0.2, 0.25) is 0 Å². The van der Waals surface area contributed by atoms with Gasteiger partial charge in [0.25, 0.3) is 0 Å². The molecule has 1 aliphatic heterocycles. The number of nitrogens with one attached hydrogen (secondary N) is 2. The van der Waals surface area contributed by atoms with Gasteiger partial charge in [-0.05, 0) is 25.2 Å². The van der Waals surface area contributed by atoms with Crippen LogP contribution in [0, 0.1) is 0 Å². The summed E-state index contributed by atoms with van der Waals surface area (Å²) in [6, 6.07) is 9.48. The average Bonchev–Trinajstić information content (AvgIpc) is 2.89. The zero-order valence-corrected chi connectivity index (χ0v) is 11.7. The summed E-state index contributed by atoms with van der Waals surface area (Å²) in [5.74, 6) is 0. The van der Waals surface area contributed by atoms with Gasteiger partial charge in [0.2, 0.25) is 0 Å². The van der Waals surface area contributed by atoms with Crippen LogP contribution in [0.1, 0.15) is 12.5 Å². The van der Waals surface area contributed by atoms with Gasteiger partial charge in [0.15, 0.2) is 10.8 Å². The molecule has 20 heavy (non-hydrogen) atoms. The van der Waals surface area contributed by atoms with Crippen LogP contribution in [-0.4, -0.2) is 17.8 Å². The lowest BCUT2D eigenvalue weighted by Crippen LogP contribution is -2.48. The first-order valence-corrected chi connectivity index (χ1v) is 6.48. The highest BCUT2D eigenvalue weighted by molar-refractivity contribution is 7.80. The Morgan fingerprint density at radius 2 is 2.15 bits per heavy atom. The highest BCUT2D eigenvalue weighted by Crippen LogP contribution is 2.28. The minimum absolute atomic E-state index is 0.123. The molecule has 1 unspecified atom stereocenters. The smallest absolute Gasteiger partial charge is 0.413 e. The molecule has 0 saturated carbocycles. The summed E-state index contributed by atoms with van der Waals surface area (Å²) in [5, 5.41) is 13.5. The van der Waals surface area contributed by atoms with Crippen molar-refractivity contribution in [1.29, 1.82) is 0 Å².